The van der Waals surface area contributed by atoms with Crippen LogP contribution in [0, 0.1) is 5.82 Å². The second-order valence-corrected chi connectivity index (χ2v) is 7.54. The van der Waals surface area contributed by atoms with Gasteiger partial charge in [0.15, 0.2) is 0 Å². The Labute approximate surface area is 172 Å². The predicted molar refractivity (Wildman–Crippen MR) is 111 cm³/mol. The molecule has 1 aliphatic rings. The Hall–Kier alpha value is -2.62. The van der Waals surface area contributed by atoms with E-state index in [1.165, 1.54) is 17.4 Å². The van der Waals surface area contributed by atoms with E-state index >= 15 is 0 Å². The third-order valence-electron chi connectivity index (χ3n) is 4.30. The maximum absolute atomic E-state index is 13.7. The number of thiazole rings is 1. The standard InChI is InChI=1S/C14H11FN4OS.C6H13NO/c1-19-7-9(6-16-19)17-13(20)12-8-21-14(18-12)10-4-2-3-5-11(10)15;7-6-2-1-4-8-5-3-6/h2-8H,1H3,(H,17,20);6H,1-5,7H2. The largest absolute Gasteiger partial charge is 0.381 e. The van der Waals surface area contributed by atoms with E-state index in [1.54, 1.807) is 47.7 Å². The Morgan fingerprint density at radius 1 is 1.34 bits per heavy atom. The van der Waals surface area contributed by atoms with Gasteiger partial charge in [-0.05, 0) is 31.4 Å². The van der Waals surface area contributed by atoms with E-state index in [2.05, 4.69) is 15.4 Å². The number of hydrogen-bond donors (Lipinski definition) is 2. The van der Waals surface area contributed by atoms with E-state index in [4.69, 9.17) is 10.5 Å². The molecule has 29 heavy (non-hydrogen) atoms. The third-order valence-corrected chi connectivity index (χ3v) is 5.18. The monoisotopic (exact) mass is 417 g/mol. The summed E-state index contributed by atoms with van der Waals surface area (Å²) in [4.78, 5) is 16.2. The Balaban J connectivity index is 0.000000252. The first-order chi connectivity index (χ1) is 14.0. The van der Waals surface area contributed by atoms with Crippen molar-refractivity contribution in [1.29, 1.82) is 0 Å². The fourth-order valence-electron chi connectivity index (χ4n) is 2.75. The number of anilines is 1. The Morgan fingerprint density at radius 2 is 2.17 bits per heavy atom. The highest BCUT2D eigenvalue weighted by Gasteiger charge is 2.14. The highest BCUT2D eigenvalue weighted by molar-refractivity contribution is 7.13. The summed E-state index contributed by atoms with van der Waals surface area (Å²) in [5.41, 5.74) is 6.88. The van der Waals surface area contributed by atoms with Crippen LogP contribution in [-0.2, 0) is 11.8 Å². The van der Waals surface area contributed by atoms with Crippen LogP contribution in [0.5, 0.6) is 0 Å². The summed E-state index contributed by atoms with van der Waals surface area (Å²) in [6.07, 6.45) is 6.55. The van der Waals surface area contributed by atoms with Crippen LogP contribution >= 0.6 is 11.3 Å². The number of amides is 1. The van der Waals surface area contributed by atoms with Crippen molar-refractivity contribution >= 4 is 22.9 Å². The van der Waals surface area contributed by atoms with Crippen molar-refractivity contribution in [2.45, 2.75) is 25.3 Å². The first-order valence-corrected chi connectivity index (χ1v) is 10.2. The molecule has 1 aliphatic heterocycles. The third kappa shape index (κ3) is 6.18. The zero-order valence-electron chi connectivity index (χ0n) is 16.2. The van der Waals surface area contributed by atoms with Crippen molar-refractivity contribution in [3.63, 3.8) is 0 Å². The molecule has 1 aromatic carbocycles. The highest BCUT2D eigenvalue weighted by Crippen LogP contribution is 2.26. The molecular formula is C20H24FN5O2S. The molecule has 0 bridgehead atoms. The number of halogens is 1. The molecule has 4 rings (SSSR count). The number of nitrogens with one attached hydrogen (secondary N) is 1. The van der Waals surface area contributed by atoms with Crippen molar-refractivity contribution < 1.29 is 13.9 Å². The van der Waals surface area contributed by atoms with Crippen molar-refractivity contribution in [3.8, 4) is 10.6 Å². The molecule has 9 heteroatoms. The fourth-order valence-corrected chi connectivity index (χ4v) is 3.57. The quantitative estimate of drug-likeness (QED) is 0.681. The van der Waals surface area contributed by atoms with Crippen molar-refractivity contribution in [1.82, 2.24) is 14.8 Å². The van der Waals surface area contributed by atoms with Gasteiger partial charge in [-0.15, -0.1) is 11.3 Å². The summed E-state index contributed by atoms with van der Waals surface area (Å²) in [6, 6.07) is 6.75. The van der Waals surface area contributed by atoms with E-state index in [-0.39, 0.29) is 17.4 Å². The summed E-state index contributed by atoms with van der Waals surface area (Å²) >= 11 is 1.23. The molecule has 1 atom stereocenters. The molecule has 0 spiro atoms. The molecule has 0 radical (unpaired) electrons. The van der Waals surface area contributed by atoms with Gasteiger partial charge < -0.3 is 15.8 Å². The maximum Gasteiger partial charge on any atom is 0.275 e. The number of aromatic nitrogens is 3. The van der Waals surface area contributed by atoms with Crippen molar-refractivity contribution in [2.24, 2.45) is 12.8 Å². The fraction of sp³-hybridized carbons (Fsp3) is 0.350. The summed E-state index contributed by atoms with van der Waals surface area (Å²) in [5.74, 6) is -0.701. The second-order valence-electron chi connectivity index (χ2n) is 6.68. The number of hydrogen-bond acceptors (Lipinski definition) is 6. The van der Waals surface area contributed by atoms with E-state index in [9.17, 15) is 9.18 Å². The smallest absolute Gasteiger partial charge is 0.275 e. The zero-order chi connectivity index (χ0) is 20.6. The predicted octanol–water partition coefficient (Wildman–Crippen LogP) is 3.45. The van der Waals surface area contributed by atoms with Gasteiger partial charge in [0.1, 0.15) is 16.5 Å². The average molecular weight is 418 g/mol. The molecule has 1 saturated heterocycles. The number of aryl methyl sites for hydroxylation is 1. The molecule has 154 valence electrons. The minimum atomic E-state index is -0.355. The second kappa shape index (κ2) is 10.2. The number of carbonyl (C=O) groups is 1. The van der Waals surface area contributed by atoms with Gasteiger partial charge in [0, 0.05) is 43.4 Å². The van der Waals surface area contributed by atoms with Gasteiger partial charge in [-0.25, -0.2) is 9.37 Å². The Morgan fingerprint density at radius 3 is 2.93 bits per heavy atom. The summed E-state index contributed by atoms with van der Waals surface area (Å²) in [7, 11) is 1.76. The van der Waals surface area contributed by atoms with Crippen LogP contribution in [-0.4, -0.2) is 39.9 Å². The first-order valence-electron chi connectivity index (χ1n) is 9.36. The van der Waals surface area contributed by atoms with Crippen LogP contribution in [0.1, 0.15) is 29.8 Å². The molecule has 0 saturated carbocycles. The normalized spacial score (nSPS) is 16.4. The van der Waals surface area contributed by atoms with Gasteiger partial charge in [0.05, 0.1) is 11.9 Å². The van der Waals surface area contributed by atoms with E-state index < -0.39 is 0 Å². The van der Waals surface area contributed by atoms with Gasteiger partial charge in [0.2, 0.25) is 0 Å². The zero-order valence-corrected chi connectivity index (χ0v) is 17.0. The molecule has 0 aliphatic carbocycles. The van der Waals surface area contributed by atoms with Crippen LogP contribution in [0.15, 0.2) is 42.0 Å². The molecular weight excluding hydrogens is 393 g/mol. The first kappa shape index (κ1) is 21.1. The lowest BCUT2D eigenvalue weighted by atomic mass is 10.1. The molecule has 1 unspecified atom stereocenters. The Bertz CT molecular complexity index is 934. The van der Waals surface area contributed by atoms with Gasteiger partial charge in [0.25, 0.3) is 5.91 Å². The van der Waals surface area contributed by atoms with Gasteiger partial charge in [-0.1, -0.05) is 12.1 Å². The molecule has 1 fully saturated rings. The van der Waals surface area contributed by atoms with Gasteiger partial charge in [-0.2, -0.15) is 5.10 Å². The van der Waals surface area contributed by atoms with E-state index in [0.29, 0.717) is 22.3 Å². The molecule has 7 nitrogen and oxygen atoms in total. The maximum atomic E-state index is 13.7. The molecule has 1 amide bonds. The molecule has 2 aromatic heterocycles. The van der Waals surface area contributed by atoms with Crippen LogP contribution in [0.3, 0.4) is 0 Å². The molecule has 3 heterocycles. The van der Waals surface area contributed by atoms with Gasteiger partial charge in [-0.3, -0.25) is 9.48 Å². The highest BCUT2D eigenvalue weighted by atomic mass is 32.1. The summed E-state index contributed by atoms with van der Waals surface area (Å²) in [6.45, 7) is 1.77. The van der Waals surface area contributed by atoms with Crippen LogP contribution in [0.4, 0.5) is 10.1 Å². The number of rotatable bonds is 3. The topological polar surface area (TPSA) is 95.1 Å². The van der Waals surface area contributed by atoms with E-state index in [0.717, 1.165) is 32.5 Å². The van der Waals surface area contributed by atoms with Gasteiger partial charge >= 0.3 is 0 Å². The van der Waals surface area contributed by atoms with E-state index in [1.807, 2.05) is 0 Å². The van der Waals surface area contributed by atoms with Crippen molar-refractivity contribution in [3.05, 3.63) is 53.6 Å². The minimum absolute atomic E-state index is 0.252. The summed E-state index contributed by atoms with van der Waals surface area (Å²) < 4.78 is 20.5. The van der Waals surface area contributed by atoms with Crippen LogP contribution in [0.2, 0.25) is 0 Å². The minimum Gasteiger partial charge on any atom is -0.381 e. The number of benzene rings is 1. The molecule has 3 aromatic rings. The number of nitrogens with two attached hydrogens (primary N) is 1. The lowest BCUT2D eigenvalue weighted by Crippen LogP contribution is -2.19. The van der Waals surface area contributed by atoms with Crippen LogP contribution in [0.25, 0.3) is 10.6 Å². The number of carbonyl (C=O) groups excluding carboxylic acids is 1. The molecule has 3 N–H and O–H groups in total. The van der Waals surface area contributed by atoms with Crippen LogP contribution < -0.4 is 11.1 Å². The lowest BCUT2D eigenvalue weighted by molar-refractivity contribution is 0.102. The summed E-state index contributed by atoms with van der Waals surface area (Å²) in [5, 5.41) is 8.73. The number of ether oxygens (including phenoxy) is 1. The number of nitrogens with zero attached hydrogens (tertiary/aromatic N) is 3. The van der Waals surface area contributed by atoms with Crippen molar-refractivity contribution in [2.75, 3.05) is 18.5 Å². The lowest BCUT2D eigenvalue weighted by Gasteiger charge is -2.02. The SMILES string of the molecule is Cn1cc(NC(=O)c2csc(-c3ccccc3F)n2)cn1.NC1CCCOCC1. The Kier molecular flexibility index (Phi) is 7.45. The average Bonchev–Trinajstić information content (AvgIpc) is 3.28.